The number of methoxy groups -OCH3 is 2. The topological polar surface area (TPSA) is 27.7 Å². The molecule has 4 heteroatoms. The van der Waals surface area contributed by atoms with Crippen LogP contribution >= 0.6 is 0 Å². The molecule has 0 rings (SSSR count). The van der Waals surface area contributed by atoms with Crippen molar-refractivity contribution in [3.05, 3.63) is 24.4 Å². The second-order valence-electron chi connectivity index (χ2n) is 7.03. The molecular weight excluding hydrogens is 340 g/mol. The molecule has 0 amide bonds. The van der Waals surface area contributed by atoms with Crippen LogP contribution in [0.4, 0.5) is 0 Å². The van der Waals surface area contributed by atoms with Gasteiger partial charge in [-0.25, -0.2) is 0 Å². The molecule has 26 heavy (non-hydrogen) atoms. The van der Waals surface area contributed by atoms with Gasteiger partial charge < -0.3 is 13.9 Å². The molecule has 0 unspecified atom stereocenters. The van der Waals surface area contributed by atoms with Crippen LogP contribution in [0.15, 0.2) is 24.4 Å². The predicted molar refractivity (Wildman–Crippen MR) is 116 cm³/mol. The van der Waals surface area contributed by atoms with E-state index in [1.165, 1.54) is 77.0 Å². The zero-order valence-corrected chi connectivity index (χ0v) is 19.2. The smallest absolute Gasteiger partial charge is 0.272 e. The van der Waals surface area contributed by atoms with Gasteiger partial charge in [0, 0.05) is 20.6 Å². The maximum Gasteiger partial charge on any atom is 0.272 e. The highest BCUT2D eigenvalue weighted by Crippen LogP contribution is 2.22. The number of unbranched alkanes of at least 4 members (excludes halogenated alkanes) is 11. The molecule has 0 atom stereocenters. The molecule has 0 bridgehead atoms. The minimum atomic E-state index is -0.848. The highest BCUT2D eigenvalue weighted by atomic mass is 28.2. The maximum atomic E-state index is 5.76. The van der Waals surface area contributed by atoms with Gasteiger partial charge >= 0.3 is 0 Å². The van der Waals surface area contributed by atoms with E-state index in [4.69, 9.17) is 13.9 Å². The lowest BCUT2D eigenvalue weighted by Gasteiger charge is -2.30. The van der Waals surface area contributed by atoms with Gasteiger partial charge in [-0.1, -0.05) is 76.1 Å². The first-order valence-corrected chi connectivity index (χ1v) is 12.1. The zero-order valence-electron chi connectivity index (χ0n) is 17.8. The van der Waals surface area contributed by atoms with Crippen LogP contribution in [0.5, 0.6) is 0 Å². The molecule has 0 spiro atoms. The number of rotatable bonds is 20. The summed E-state index contributed by atoms with van der Waals surface area (Å²) < 4.78 is 16.6. The van der Waals surface area contributed by atoms with Crippen molar-refractivity contribution < 1.29 is 13.9 Å². The van der Waals surface area contributed by atoms with Gasteiger partial charge in [-0.2, -0.15) is 0 Å². The Morgan fingerprint density at radius 2 is 1.27 bits per heavy atom. The predicted octanol–water partition coefficient (Wildman–Crippen LogP) is 6.21. The first kappa shape index (κ1) is 25.6. The molecule has 0 heterocycles. The van der Waals surface area contributed by atoms with Crippen molar-refractivity contribution in [1.82, 2.24) is 0 Å². The van der Waals surface area contributed by atoms with Gasteiger partial charge in [0.05, 0.1) is 0 Å². The quantitative estimate of drug-likeness (QED) is 0.108. The molecule has 0 radical (unpaired) electrons. The van der Waals surface area contributed by atoms with Gasteiger partial charge in [0.2, 0.25) is 0 Å². The summed E-state index contributed by atoms with van der Waals surface area (Å²) in [5.41, 5.74) is 1.85. The summed E-state index contributed by atoms with van der Waals surface area (Å²) in [5.74, 6) is -0.848. The summed E-state index contributed by atoms with van der Waals surface area (Å²) in [7, 11) is 2.54. The first-order valence-electron chi connectivity index (χ1n) is 10.7. The summed E-state index contributed by atoms with van der Waals surface area (Å²) in [6, 6.07) is 0. The molecule has 0 aromatic rings. The molecule has 0 aliphatic heterocycles. The summed E-state index contributed by atoms with van der Waals surface area (Å²) in [5, 5.41) is 0. The summed E-state index contributed by atoms with van der Waals surface area (Å²) >= 11 is 0. The Labute approximate surface area is 165 Å². The Morgan fingerprint density at radius 1 is 0.769 bits per heavy atom. The lowest BCUT2D eigenvalue weighted by Crippen LogP contribution is -2.38. The second kappa shape index (κ2) is 19.3. The van der Waals surface area contributed by atoms with E-state index < -0.39 is 15.7 Å². The summed E-state index contributed by atoms with van der Waals surface area (Å²) in [6.07, 6.45) is 22.5. The summed E-state index contributed by atoms with van der Waals surface area (Å²) in [6.45, 7) is 6.00. The van der Waals surface area contributed by atoms with Crippen LogP contribution in [0.2, 0.25) is 0 Å². The zero-order chi connectivity index (χ0) is 19.3. The SMILES string of the molecule is C=C[SiH2]OC(CCCCCCC/C=C\CCCCCCCC)(OC)OC. The number of ether oxygens (including phenoxy) is 2. The molecule has 0 saturated heterocycles. The van der Waals surface area contributed by atoms with Crippen LogP contribution < -0.4 is 0 Å². The number of allylic oxidation sites excluding steroid dienone is 2. The third kappa shape index (κ3) is 14.7. The van der Waals surface area contributed by atoms with Crippen molar-refractivity contribution in [2.24, 2.45) is 0 Å². The van der Waals surface area contributed by atoms with E-state index in [2.05, 4.69) is 25.7 Å². The van der Waals surface area contributed by atoms with Crippen molar-refractivity contribution in [2.45, 2.75) is 103 Å². The first-order chi connectivity index (χ1) is 12.7. The van der Waals surface area contributed by atoms with E-state index >= 15 is 0 Å². The van der Waals surface area contributed by atoms with E-state index in [0.29, 0.717) is 0 Å². The van der Waals surface area contributed by atoms with Gasteiger partial charge in [-0.05, 0) is 32.1 Å². The molecule has 0 saturated carbocycles. The average Bonchev–Trinajstić information content (AvgIpc) is 2.67. The van der Waals surface area contributed by atoms with Crippen molar-refractivity contribution in [2.75, 3.05) is 14.2 Å². The second-order valence-corrected chi connectivity index (χ2v) is 8.22. The van der Waals surface area contributed by atoms with E-state index in [9.17, 15) is 0 Å². The minimum Gasteiger partial charge on any atom is -0.371 e. The van der Waals surface area contributed by atoms with Crippen LogP contribution in [0.3, 0.4) is 0 Å². The molecule has 3 nitrogen and oxygen atoms in total. The van der Waals surface area contributed by atoms with Crippen LogP contribution in [-0.2, 0) is 13.9 Å². The van der Waals surface area contributed by atoms with Gasteiger partial charge in [0.1, 0.15) is 0 Å². The summed E-state index contributed by atoms with van der Waals surface area (Å²) in [4.78, 5) is 0. The van der Waals surface area contributed by atoms with Crippen molar-refractivity contribution in [3.63, 3.8) is 0 Å². The molecule has 154 valence electrons. The van der Waals surface area contributed by atoms with Crippen LogP contribution in [0.25, 0.3) is 0 Å². The van der Waals surface area contributed by atoms with Crippen LogP contribution in [-0.4, -0.2) is 30.0 Å². The highest BCUT2D eigenvalue weighted by molar-refractivity contribution is 6.34. The fourth-order valence-electron chi connectivity index (χ4n) is 3.08. The fourth-order valence-corrected chi connectivity index (χ4v) is 3.83. The van der Waals surface area contributed by atoms with Crippen molar-refractivity contribution in [3.8, 4) is 0 Å². The molecular formula is C22H44O3Si. The van der Waals surface area contributed by atoms with Crippen molar-refractivity contribution >= 4 is 9.76 Å². The molecule has 0 fully saturated rings. The van der Waals surface area contributed by atoms with Crippen LogP contribution in [0, 0.1) is 0 Å². The standard InChI is InChI=1S/C22H44O3Si/c1-5-7-8-9-10-11-12-13-14-15-16-17-18-19-20-21-22(23-3,24-4)25-26-6-2/h6,13-14H,2,5,7-12,15-21,26H2,1,3-4H3/b14-13-. The third-order valence-corrected chi connectivity index (χ3v) is 5.63. The third-order valence-electron chi connectivity index (χ3n) is 4.79. The Balaban J connectivity index is 3.49. The molecule has 0 aromatic heterocycles. The minimum absolute atomic E-state index is 0.764. The number of hydrogen-bond acceptors (Lipinski definition) is 3. The molecule has 0 N–H and O–H groups in total. The number of hydrogen-bond donors (Lipinski definition) is 0. The Bertz CT molecular complexity index is 327. The fraction of sp³-hybridized carbons (Fsp3) is 0.818. The van der Waals surface area contributed by atoms with Crippen LogP contribution in [0.1, 0.15) is 96.8 Å². The van der Waals surface area contributed by atoms with Gasteiger partial charge in [-0.15, -0.1) is 6.58 Å². The van der Waals surface area contributed by atoms with E-state index in [-0.39, 0.29) is 0 Å². The maximum absolute atomic E-state index is 5.76. The highest BCUT2D eigenvalue weighted by Gasteiger charge is 2.29. The van der Waals surface area contributed by atoms with E-state index in [1.54, 1.807) is 14.2 Å². The Morgan fingerprint density at radius 3 is 1.77 bits per heavy atom. The van der Waals surface area contributed by atoms with Gasteiger partial charge in [-0.3, -0.25) is 0 Å². The average molecular weight is 385 g/mol. The Kier molecular flexibility index (Phi) is 19.0. The molecule has 0 aromatic carbocycles. The van der Waals surface area contributed by atoms with E-state index in [0.717, 1.165) is 12.8 Å². The van der Waals surface area contributed by atoms with Crippen molar-refractivity contribution in [1.29, 1.82) is 0 Å². The van der Waals surface area contributed by atoms with E-state index in [1.807, 2.05) is 5.70 Å². The lowest BCUT2D eigenvalue weighted by molar-refractivity contribution is -0.326. The largest absolute Gasteiger partial charge is 0.371 e. The monoisotopic (exact) mass is 384 g/mol. The Hall–Kier alpha value is -0.423. The molecule has 0 aliphatic rings. The lowest BCUT2D eigenvalue weighted by atomic mass is 10.1. The van der Waals surface area contributed by atoms with Gasteiger partial charge in [0.25, 0.3) is 5.97 Å². The van der Waals surface area contributed by atoms with Gasteiger partial charge in [0.15, 0.2) is 9.76 Å². The normalized spacial score (nSPS) is 12.6. The molecule has 0 aliphatic carbocycles.